The lowest BCUT2D eigenvalue weighted by Gasteiger charge is -2.14. The first-order chi connectivity index (χ1) is 16.8. The van der Waals surface area contributed by atoms with Crippen LogP contribution in [0.3, 0.4) is 0 Å². The number of hydrogen-bond acceptors (Lipinski definition) is 6. The SMILES string of the molecule is CC(C)(C)c1cc(C(=O)Nc2cccc(Oc3ccnc4c3OC(=O)C4)c2)n(-c2ccccc2)n1. The largest absolute Gasteiger partial charge is 0.453 e. The zero-order valence-electron chi connectivity index (χ0n) is 19.6. The second-order valence-corrected chi connectivity index (χ2v) is 9.23. The van der Waals surface area contributed by atoms with Crippen LogP contribution in [-0.2, 0) is 16.6 Å². The van der Waals surface area contributed by atoms with Crippen molar-refractivity contribution in [3.8, 4) is 22.9 Å². The quantitative estimate of drug-likeness (QED) is 0.411. The number of fused-ring (bicyclic) bond motifs is 1. The van der Waals surface area contributed by atoms with Gasteiger partial charge in [0.15, 0.2) is 11.5 Å². The molecule has 3 heterocycles. The molecule has 2 aromatic carbocycles. The number of benzene rings is 2. The maximum Gasteiger partial charge on any atom is 0.317 e. The Morgan fingerprint density at radius 1 is 1.06 bits per heavy atom. The van der Waals surface area contributed by atoms with Gasteiger partial charge in [0.2, 0.25) is 0 Å². The van der Waals surface area contributed by atoms with Gasteiger partial charge in [0, 0.05) is 29.4 Å². The van der Waals surface area contributed by atoms with Crippen molar-refractivity contribution in [2.45, 2.75) is 32.6 Å². The van der Waals surface area contributed by atoms with Crippen molar-refractivity contribution in [3.63, 3.8) is 0 Å². The lowest BCUT2D eigenvalue weighted by molar-refractivity contribution is -0.131. The number of para-hydroxylation sites is 1. The first kappa shape index (κ1) is 22.3. The van der Waals surface area contributed by atoms with E-state index < -0.39 is 0 Å². The predicted molar refractivity (Wildman–Crippen MR) is 130 cm³/mol. The van der Waals surface area contributed by atoms with E-state index in [-0.39, 0.29) is 23.7 Å². The summed E-state index contributed by atoms with van der Waals surface area (Å²) in [5.41, 5.74) is 2.90. The standard InChI is InChI=1S/C27H24N4O4/c1-27(2,3)23-16-21(31(30-23)18-9-5-4-6-10-18)26(33)29-17-8-7-11-19(14-17)34-22-12-13-28-20-15-24(32)35-25(20)22/h4-14,16H,15H2,1-3H3,(H,29,33). The van der Waals surface area contributed by atoms with Crippen molar-refractivity contribution < 1.29 is 19.1 Å². The highest BCUT2D eigenvalue weighted by Gasteiger charge is 2.26. The molecule has 35 heavy (non-hydrogen) atoms. The minimum Gasteiger partial charge on any atom is -0.453 e. The molecule has 1 aliphatic rings. The topological polar surface area (TPSA) is 95.3 Å². The Labute approximate surface area is 202 Å². The second kappa shape index (κ2) is 8.72. The molecule has 0 radical (unpaired) electrons. The van der Waals surface area contributed by atoms with Crippen LogP contribution < -0.4 is 14.8 Å². The van der Waals surface area contributed by atoms with E-state index in [9.17, 15) is 9.59 Å². The molecule has 0 unspecified atom stereocenters. The minimum atomic E-state index is -0.366. The molecule has 0 saturated heterocycles. The molecule has 0 spiro atoms. The summed E-state index contributed by atoms with van der Waals surface area (Å²) in [6, 6.07) is 20.0. The van der Waals surface area contributed by atoms with Crippen LogP contribution in [-0.4, -0.2) is 26.6 Å². The van der Waals surface area contributed by atoms with Gasteiger partial charge in [-0.05, 0) is 30.3 Å². The maximum absolute atomic E-state index is 13.3. The fourth-order valence-corrected chi connectivity index (χ4v) is 3.71. The summed E-state index contributed by atoms with van der Waals surface area (Å²) in [6.07, 6.45) is 1.69. The summed E-state index contributed by atoms with van der Waals surface area (Å²) in [5.74, 6) is 0.530. The maximum atomic E-state index is 13.3. The fraction of sp³-hybridized carbons (Fsp3) is 0.185. The minimum absolute atomic E-state index is 0.119. The van der Waals surface area contributed by atoms with Gasteiger partial charge in [-0.25, -0.2) is 4.68 Å². The number of anilines is 1. The fourth-order valence-electron chi connectivity index (χ4n) is 3.71. The van der Waals surface area contributed by atoms with Crippen molar-refractivity contribution in [1.82, 2.24) is 14.8 Å². The van der Waals surface area contributed by atoms with Gasteiger partial charge in [-0.15, -0.1) is 0 Å². The Hall–Kier alpha value is -4.46. The summed E-state index contributed by atoms with van der Waals surface area (Å²) < 4.78 is 12.9. The highest BCUT2D eigenvalue weighted by atomic mass is 16.6. The molecule has 1 N–H and O–H groups in total. The van der Waals surface area contributed by atoms with E-state index in [4.69, 9.17) is 14.6 Å². The van der Waals surface area contributed by atoms with Crippen LogP contribution in [0.2, 0.25) is 0 Å². The summed E-state index contributed by atoms with van der Waals surface area (Å²) in [6.45, 7) is 6.17. The molecule has 0 bridgehead atoms. The van der Waals surface area contributed by atoms with Crippen molar-refractivity contribution >= 4 is 17.6 Å². The zero-order valence-corrected chi connectivity index (χ0v) is 19.6. The number of amides is 1. The molecular formula is C27H24N4O4. The summed E-state index contributed by atoms with van der Waals surface area (Å²) in [4.78, 5) is 29.1. The third kappa shape index (κ3) is 4.63. The van der Waals surface area contributed by atoms with Crippen molar-refractivity contribution in [1.29, 1.82) is 0 Å². The number of esters is 1. The summed E-state index contributed by atoms with van der Waals surface area (Å²) in [5, 5.41) is 7.65. The molecular weight excluding hydrogens is 444 g/mol. The Balaban J connectivity index is 1.41. The molecule has 4 aromatic rings. The van der Waals surface area contributed by atoms with Crippen LogP contribution in [0.1, 0.15) is 42.6 Å². The van der Waals surface area contributed by atoms with Crippen LogP contribution >= 0.6 is 0 Å². The number of pyridine rings is 1. The van der Waals surface area contributed by atoms with E-state index >= 15 is 0 Å². The highest BCUT2D eigenvalue weighted by molar-refractivity contribution is 6.03. The molecule has 8 heteroatoms. The highest BCUT2D eigenvalue weighted by Crippen LogP contribution is 2.37. The molecule has 0 fully saturated rings. The van der Waals surface area contributed by atoms with E-state index in [2.05, 4.69) is 31.1 Å². The number of rotatable bonds is 5. The van der Waals surface area contributed by atoms with Crippen LogP contribution in [0.5, 0.6) is 17.2 Å². The van der Waals surface area contributed by atoms with Gasteiger partial charge in [-0.3, -0.25) is 14.6 Å². The van der Waals surface area contributed by atoms with E-state index in [1.54, 1.807) is 41.2 Å². The molecule has 0 saturated carbocycles. The van der Waals surface area contributed by atoms with Crippen LogP contribution in [0.25, 0.3) is 5.69 Å². The van der Waals surface area contributed by atoms with E-state index in [0.717, 1.165) is 11.4 Å². The van der Waals surface area contributed by atoms with E-state index in [1.165, 1.54) is 0 Å². The number of ether oxygens (including phenoxy) is 2. The number of carbonyl (C=O) groups excluding carboxylic acids is 2. The average Bonchev–Trinajstić information content (AvgIpc) is 3.44. The molecule has 5 rings (SSSR count). The number of nitrogens with zero attached hydrogens (tertiary/aromatic N) is 3. The number of aromatic nitrogens is 3. The normalized spacial score (nSPS) is 12.7. The monoisotopic (exact) mass is 468 g/mol. The smallest absolute Gasteiger partial charge is 0.317 e. The molecule has 1 amide bonds. The van der Waals surface area contributed by atoms with Gasteiger partial charge in [0.25, 0.3) is 5.91 Å². The van der Waals surface area contributed by atoms with Crippen molar-refractivity contribution in [2.24, 2.45) is 0 Å². The van der Waals surface area contributed by atoms with Crippen molar-refractivity contribution in [3.05, 3.63) is 90.0 Å². The van der Waals surface area contributed by atoms with Gasteiger partial charge < -0.3 is 14.8 Å². The first-order valence-corrected chi connectivity index (χ1v) is 11.2. The van der Waals surface area contributed by atoms with E-state index in [1.807, 2.05) is 36.4 Å². The Kier molecular flexibility index (Phi) is 5.56. The summed E-state index contributed by atoms with van der Waals surface area (Å²) >= 11 is 0. The lowest BCUT2D eigenvalue weighted by Crippen LogP contribution is -2.17. The van der Waals surface area contributed by atoms with Crippen molar-refractivity contribution in [2.75, 3.05) is 5.32 Å². The molecule has 0 atom stereocenters. The van der Waals surface area contributed by atoms with Gasteiger partial charge >= 0.3 is 5.97 Å². The van der Waals surface area contributed by atoms with Crippen LogP contribution in [0.15, 0.2) is 72.9 Å². The Morgan fingerprint density at radius 3 is 2.63 bits per heavy atom. The molecule has 8 nitrogen and oxygen atoms in total. The predicted octanol–water partition coefficient (Wildman–Crippen LogP) is 5.07. The Bertz CT molecular complexity index is 1420. The zero-order chi connectivity index (χ0) is 24.6. The first-order valence-electron chi connectivity index (χ1n) is 11.2. The Morgan fingerprint density at radius 2 is 1.86 bits per heavy atom. The van der Waals surface area contributed by atoms with Crippen LogP contribution in [0.4, 0.5) is 5.69 Å². The molecule has 2 aromatic heterocycles. The second-order valence-electron chi connectivity index (χ2n) is 9.23. The summed E-state index contributed by atoms with van der Waals surface area (Å²) in [7, 11) is 0. The lowest BCUT2D eigenvalue weighted by atomic mass is 9.92. The average molecular weight is 469 g/mol. The number of nitrogens with one attached hydrogen (secondary N) is 1. The molecule has 1 aliphatic heterocycles. The van der Waals surface area contributed by atoms with Gasteiger partial charge in [0.1, 0.15) is 11.4 Å². The third-order valence-electron chi connectivity index (χ3n) is 5.50. The van der Waals surface area contributed by atoms with E-state index in [0.29, 0.717) is 34.3 Å². The van der Waals surface area contributed by atoms with Crippen LogP contribution in [0, 0.1) is 0 Å². The van der Waals surface area contributed by atoms with Gasteiger partial charge in [-0.2, -0.15) is 5.10 Å². The third-order valence-corrected chi connectivity index (χ3v) is 5.50. The van der Waals surface area contributed by atoms with Gasteiger partial charge in [-0.1, -0.05) is 45.0 Å². The molecule has 176 valence electrons. The number of carbonyl (C=O) groups is 2. The molecule has 0 aliphatic carbocycles. The number of hydrogen-bond donors (Lipinski definition) is 1. The van der Waals surface area contributed by atoms with Gasteiger partial charge in [0.05, 0.1) is 23.5 Å².